The fourth-order valence-corrected chi connectivity index (χ4v) is 2.64. The average molecular weight is 271 g/mol. The molecule has 1 aromatic rings. The number of hydrogen-bond acceptors (Lipinski definition) is 4. The molecule has 1 aliphatic rings. The molecule has 0 amide bonds. The molecule has 2 N–H and O–H groups in total. The molecule has 1 aliphatic heterocycles. The van der Waals surface area contributed by atoms with Crippen molar-refractivity contribution in [2.24, 2.45) is 15.7 Å². The highest BCUT2D eigenvalue weighted by Gasteiger charge is 2.25. The molecule has 98 valence electrons. The van der Waals surface area contributed by atoms with Crippen LogP contribution in [0.5, 0.6) is 0 Å². The molecule has 3 nitrogen and oxygen atoms in total. The molecule has 4 heteroatoms. The number of allylic oxidation sites excluding steroid dienone is 2. The van der Waals surface area contributed by atoms with E-state index < -0.39 is 0 Å². The Bertz CT molecular complexity index is 603. The summed E-state index contributed by atoms with van der Waals surface area (Å²) in [5.74, 6) is 0.284. The Kier molecular flexibility index (Phi) is 3.81. The predicted octanol–water partition coefficient (Wildman–Crippen LogP) is 3.42. The van der Waals surface area contributed by atoms with E-state index in [1.807, 2.05) is 37.4 Å². The fraction of sp³-hybridized carbons (Fsp3) is 0.200. The van der Waals surface area contributed by atoms with Crippen molar-refractivity contribution in [3.63, 3.8) is 0 Å². The number of nitrogens with zero attached hydrogens (tertiary/aromatic N) is 2. The maximum atomic E-state index is 5.82. The quantitative estimate of drug-likeness (QED) is 0.899. The van der Waals surface area contributed by atoms with Gasteiger partial charge in [0.2, 0.25) is 5.96 Å². The van der Waals surface area contributed by atoms with Crippen LogP contribution in [-0.4, -0.2) is 17.7 Å². The van der Waals surface area contributed by atoms with E-state index in [1.54, 1.807) is 11.3 Å². The van der Waals surface area contributed by atoms with Crippen LogP contribution in [0.2, 0.25) is 0 Å². The van der Waals surface area contributed by atoms with Crippen molar-refractivity contribution in [1.29, 1.82) is 0 Å². The van der Waals surface area contributed by atoms with Gasteiger partial charge in [-0.1, -0.05) is 25.3 Å². The second-order valence-electron chi connectivity index (χ2n) is 4.35. The van der Waals surface area contributed by atoms with Gasteiger partial charge in [-0.15, -0.1) is 11.3 Å². The molecule has 0 spiro atoms. The molecule has 0 aliphatic carbocycles. The molecule has 1 aromatic heterocycles. The molecule has 0 saturated heterocycles. The van der Waals surface area contributed by atoms with Crippen LogP contribution in [-0.2, 0) is 0 Å². The van der Waals surface area contributed by atoms with Crippen LogP contribution >= 0.6 is 11.3 Å². The zero-order chi connectivity index (χ0) is 14.0. The van der Waals surface area contributed by atoms with Gasteiger partial charge >= 0.3 is 0 Å². The lowest BCUT2D eigenvalue weighted by Crippen LogP contribution is -2.28. The van der Waals surface area contributed by atoms with E-state index in [9.17, 15) is 0 Å². The summed E-state index contributed by atoms with van der Waals surface area (Å²) in [4.78, 5) is 9.76. The average Bonchev–Trinajstić information content (AvgIpc) is 2.93. The van der Waals surface area contributed by atoms with Crippen LogP contribution in [0, 0.1) is 0 Å². The molecule has 0 fully saturated rings. The van der Waals surface area contributed by atoms with E-state index in [2.05, 4.69) is 23.1 Å². The largest absolute Gasteiger partial charge is 0.368 e. The molecule has 2 rings (SSSR count). The van der Waals surface area contributed by atoms with Crippen molar-refractivity contribution in [1.82, 2.24) is 0 Å². The summed E-state index contributed by atoms with van der Waals surface area (Å²) in [5, 5.41) is 2.02. The van der Waals surface area contributed by atoms with Gasteiger partial charge in [0.15, 0.2) is 0 Å². The maximum Gasteiger partial charge on any atom is 0.216 e. The number of thiophene rings is 1. The highest BCUT2D eigenvalue weighted by atomic mass is 32.1. The lowest BCUT2D eigenvalue weighted by Gasteiger charge is -2.23. The number of nitrogens with two attached hydrogens (primary N) is 1. The van der Waals surface area contributed by atoms with Gasteiger partial charge < -0.3 is 5.73 Å². The minimum atomic E-state index is -0.221. The standard InChI is InChI=1S/C15H17N3S/c1-5-9(2)13-11(4)14(18-15(16)17-13)10(3)12-7-6-8-19-12/h5-8,14H,3-4H2,1-2H3,(H2,16,18). The number of aliphatic imine (C=N–C) groups is 2. The number of rotatable bonds is 3. The third kappa shape index (κ3) is 2.58. The smallest absolute Gasteiger partial charge is 0.216 e. The van der Waals surface area contributed by atoms with Gasteiger partial charge in [0.05, 0.1) is 5.71 Å². The zero-order valence-corrected chi connectivity index (χ0v) is 12.0. The van der Waals surface area contributed by atoms with Gasteiger partial charge in [-0.25, -0.2) is 9.98 Å². The van der Waals surface area contributed by atoms with E-state index in [0.717, 1.165) is 27.3 Å². The lowest BCUT2D eigenvalue weighted by atomic mass is 9.92. The molecule has 1 atom stereocenters. The molecule has 1 unspecified atom stereocenters. The summed E-state index contributed by atoms with van der Waals surface area (Å²) in [7, 11) is 0. The fourth-order valence-electron chi connectivity index (χ4n) is 1.92. The van der Waals surface area contributed by atoms with E-state index in [-0.39, 0.29) is 12.0 Å². The second-order valence-corrected chi connectivity index (χ2v) is 5.30. The Labute approximate surface area is 117 Å². The highest BCUT2D eigenvalue weighted by Crippen LogP contribution is 2.30. The summed E-state index contributed by atoms with van der Waals surface area (Å²) >= 11 is 1.64. The first-order chi connectivity index (χ1) is 9.04. The summed E-state index contributed by atoms with van der Waals surface area (Å²) in [6.07, 6.45) is 1.99. The topological polar surface area (TPSA) is 50.7 Å². The van der Waals surface area contributed by atoms with Gasteiger partial charge in [-0.05, 0) is 36.4 Å². The van der Waals surface area contributed by atoms with Crippen LogP contribution in [0.3, 0.4) is 0 Å². The minimum absolute atomic E-state index is 0.221. The second kappa shape index (κ2) is 5.36. The predicted molar refractivity (Wildman–Crippen MR) is 84.8 cm³/mol. The van der Waals surface area contributed by atoms with Crippen molar-refractivity contribution in [3.05, 3.63) is 52.8 Å². The lowest BCUT2D eigenvalue weighted by molar-refractivity contribution is 0.995. The number of guanidine groups is 1. The Balaban J connectivity index is 2.37. The molecule has 0 saturated carbocycles. The van der Waals surface area contributed by atoms with E-state index >= 15 is 0 Å². The van der Waals surface area contributed by atoms with Crippen LogP contribution in [0.15, 0.2) is 57.9 Å². The van der Waals surface area contributed by atoms with Crippen LogP contribution in [0.1, 0.15) is 18.7 Å². The maximum absolute atomic E-state index is 5.82. The van der Waals surface area contributed by atoms with Crippen molar-refractivity contribution < 1.29 is 0 Å². The van der Waals surface area contributed by atoms with Gasteiger partial charge in [-0.2, -0.15) is 0 Å². The first-order valence-corrected chi connectivity index (χ1v) is 6.89. The van der Waals surface area contributed by atoms with Gasteiger partial charge in [0, 0.05) is 10.5 Å². The molecule has 0 bridgehead atoms. The van der Waals surface area contributed by atoms with Crippen LogP contribution in [0.4, 0.5) is 0 Å². The van der Waals surface area contributed by atoms with E-state index in [0.29, 0.717) is 0 Å². The summed E-state index contributed by atoms with van der Waals surface area (Å²) < 4.78 is 0. The van der Waals surface area contributed by atoms with Gasteiger partial charge in [-0.3, -0.25) is 0 Å². The third-order valence-electron chi connectivity index (χ3n) is 3.10. The van der Waals surface area contributed by atoms with Crippen molar-refractivity contribution in [2.45, 2.75) is 19.9 Å². The summed E-state index contributed by atoms with van der Waals surface area (Å²) in [6, 6.07) is 3.80. The monoisotopic (exact) mass is 271 g/mol. The zero-order valence-electron chi connectivity index (χ0n) is 11.2. The van der Waals surface area contributed by atoms with Crippen molar-refractivity contribution in [3.8, 4) is 0 Å². The molecule has 19 heavy (non-hydrogen) atoms. The SMILES string of the molecule is C=C1C(C(C)=CC)=NC(N)=NC1C(=C)c1cccs1. The molecule has 2 heterocycles. The first-order valence-electron chi connectivity index (χ1n) is 6.01. The number of hydrogen-bond donors (Lipinski definition) is 1. The Morgan fingerprint density at radius 1 is 1.53 bits per heavy atom. The molecule has 0 aromatic carbocycles. The van der Waals surface area contributed by atoms with Crippen LogP contribution < -0.4 is 5.73 Å². The summed E-state index contributed by atoms with van der Waals surface area (Å²) in [6.45, 7) is 12.2. The highest BCUT2D eigenvalue weighted by molar-refractivity contribution is 7.11. The first kappa shape index (κ1) is 13.5. The van der Waals surface area contributed by atoms with E-state index in [1.165, 1.54) is 0 Å². The molecular weight excluding hydrogens is 254 g/mol. The Morgan fingerprint density at radius 2 is 2.26 bits per heavy atom. The van der Waals surface area contributed by atoms with Crippen molar-refractivity contribution >= 4 is 28.6 Å². The molecular formula is C15H17N3S. The van der Waals surface area contributed by atoms with Gasteiger partial charge in [0.25, 0.3) is 0 Å². The Hall–Kier alpha value is -1.94. The normalized spacial score (nSPS) is 20.0. The molecule has 0 radical (unpaired) electrons. The Morgan fingerprint density at radius 3 is 2.84 bits per heavy atom. The van der Waals surface area contributed by atoms with Crippen LogP contribution in [0.25, 0.3) is 5.57 Å². The van der Waals surface area contributed by atoms with Crippen molar-refractivity contribution in [2.75, 3.05) is 0 Å². The third-order valence-corrected chi connectivity index (χ3v) is 4.04. The summed E-state index contributed by atoms with van der Waals surface area (Å²) in [5.41, 5.74) is 9.45. The van der Waals surface area contributed by atoms with Gasteiger partial charge in [0.1, 0.15) is 6.04 Å². The van der Waals surface area contributed by atoms with E-state index in [4.69, 9.17) is 5.73 Å². The minimum Gasteiger partial charge on any atom is -0.368 e.